The van der Waals surface area contributed by atoms with Gasteiger partial charge in [0.25, 0.3) is 5.69 Å². The summed E-state index contributed by atoms with van der Waals surface area (Å²) in [6, 6.07) is 4.64. The predicted molar refractivity (Wildman–Crippen MR) is 96.3 cm³/mol. The summed E-state index contributed by atoms with van der Waals surface area (Å²) in [6.45, 7) is 2.17. The highest BCUT2D eigenvalue weighted by atomic mass is 16.6. The first-order chi connectivity index (χ1) is 13.1. The molecule has 0 spiro atoms. The monoisotopic (exact) mass is 369 g/mol. The lowest BCUT2D eigenvalue weighted by Crippen LogP contribution is -2.37. The summed E-state index contributed by atoms with van der Waals surface area (Å²) < 4.78 is 5.31. The van der Waals surface area contributed by atoms with Crippen LogP contribution in [0.2, 0.25) is 0 Å². The summed E-state index contributed by atoms with van der Waals surface area (Å²) in [4.78, 5) is 40.1. The van der Waals surface area contributed by atoms with E-state index in [1.165, 1.54) is 6.07 Å². The smallest absolute Gasteiger partial charge is 0.294 e. The third kappa shape index (κ3) is 2.32. The molecule has 2 bridgehead atoms. The first kappa shape index (κ1) is 16.4. The normalized spacial score (nSPS) is 31.7. The Bertz CT molecular complexity index is 846. The molecule has 2 heterocycles. The quantitative estimate of drug-likeness (QED) is 0.349. The Kier molecular flexibility index (Phi) is 3.58. The van der Waals surface area contributed by atoms with Gasteiger partial charge in [0.15, 0.2) is 0 Å². The van der Waals surface area contributed by atoms with E-state index >= 15 is 0 Å². The lowest BCUT2D eigenvalue weighted by Gasteiger charge is -2.29. The van der Waals surface area contributed by atoms with Crippen molar-refractivity contribution in [2.24, 2.45) is 23.7 Å². The highest BCUT2D eigenvalue weighted by Gasteiger charge is 2.59. The molecule has 140 valence electrons. The zero-order chi connectivity index (χ0) is 18.7. The van der Waals surface area contributed by atoms with Gasteiger partial charge in [-0.2, -0.15) is 0 Å². The van der Waals surface area contributed by atoms with Gasteiger partial charge < -0.3 is 9.64 Å². The number of hydrogen-bond donors (Lipinski definition) is 0. The van der Waals surface area contributed by atoms with Crippen LogP contribution in [0.4, 0.5) is 17.1 Å². The van der Waals surface area contributed by atoms with Crippen molar-refractivity contribution in [3.8, 4) is 0 Å². The molecule has 5 rings (SSSR count). The maximum Gasteiger partial charge on any atom is 0.294 e. The Morgan fingerprint density at radius 2 is 1.67 bits per heavy atom. The maximum atomic E-state index is 12.9. The van der Waals surface area contributed by atoms with E-state index < -0.39 is 4.92 Å². The molecule has 1 aromatic carbocycles. The highest BCUT2D eigenvalue weighted by Crippen LogP contribution is 2.53. The van der Waals surface area contributed by atoms with E-state index in [4.69, 9.17) is 4.74 Å². The van der Waals surface area contributed by atoms with Crippen molar-refractivity contribution in [1.29, 1.82) is 0 Å². The van der Waals surface area contributed by atoms with Gasteiger partial charge in [0.2, 0.25) is 11.8 Å². The average Bonchev–Trinajstić information content (AvgIpc) is 3.36. The maximum absolute atomic E-state index is 12.9. The number of benzene rings is 1. The van der Waals surface area contributed by atoms with E-state index in [0.29, 0.717) is 37.7 Å². The molecular weight excluding hydrogens is 350 g/mol. The van der Waals surface area contributed by atoms with Crippen LogP contribution in [0.15, 0.2) is 30.4 Å². The third-order valence-electron chi connectivity index (χ3n) is 6.24. The van der Waals surface area contributed by atoms with Crippen LogP contribution in [-0.2, 0) is 14.3 Å². The number of allylic oxidation sites excluding steroid dienone is 2. The Balaban J connectivity index is 1.51. The van der Waals surface area contributed by atoms with Crippen LogP contribution in [0.5, 0.6) is 0 Å². The van der Waals surface area contributed by atoms with Crippen molar-refractivity contribution in [3.63, 3.8) is 0 Å². The SMILES string of the molecule is O=C1[C@H]2[C@H](C(=O)N1c1ccc(N3CCOCC3)c([N+](=O)[O-])c1)[C@H]1C=C[C@H]2C1. The third-order valence-corrected chi connectivity index (χ3v) is 6.24. The second-order valence-electron chi connectivity index (χ2n) is 7.54. The van der Waals surface area contributed by atoms with Crippen LogP contribution < -0.4 is 9.80 Å². The van der Waals surface area contributed by atoms with Gasteiger partial charge in [-0.15, -0.1) is 0 Å². The number of morpholine rings is 1. The largest absolute Gasteiger partial charge is 0.378 e. The number of rotatable bonds is 3. The molecule has 0 radical (unpaired) electrons. The van der Waals surface area contributed by atoms with Crippen LogP contribution in [0.25, 0.3) is 0 Å². The zero-order valence-corrected chi connectivity index (χ0v) is 14.6. The number of anilines is 2. The minimum Gasteiger partial charge on any atom is -0.378 e. The lowest BCUT2D eigenvalue weighted by atomic mass is 9.85. The summed E-state index contributed by atoms with van der Waals surface area (Å²) in [7, 11) is 0. The second kappa shape index (κ2) is 5.88. The van der Waals surface area contributed by atoms with Crippen molar-refractivity contribution < 1.29 is 19.2 Å². The molecule has 3 fully saturated rings. The highest BCUT2D eigenvalue weighted by molar-refractivity contribution is 6.23. The van der Waals surface area contributed by atoms with Crippen LogP contribution in [0.1, 0.15) is 6.42 Å². The number of nitro groups is 1. The lowest BCUT2D eigenvalue weighted by molar-refractivity contribution is -0.384. The molecule has 2 aliphatic heterocycles. The minimum absolute atomic E-state index is 0.0897. The molecule has 4 aliphatic rings. The number of imide groups is 1. The number of nitrogens with zero attached hydrogens (tertiary/aromatic N) is 3. The van der Waals surface area contributed by atoms with Crippen molar-refractivity contribution in [2.45, 2.75) is 6.42 Å². The van der Waals surface area contributed by atoms with Gasteiger partial charge in [0.1, 0.15) is 5.69 Å². The number of hydrogen-bond acceptors (Lipinski definition) is 6. The van der Waals surface area contributed by atoms with Gasteiger partial charge in [-0.3, -0.25) is 19.7 Å². The number of ether oxygens (including phenoxy) is 1. The molecule has 4 atom stereocenters. The summed E-state index contributed by atoms with van der Waals surface area (Å²) in [5.74, 6) is -0.852. The Morgan fingerprint density at radius 3 is 2.26 bits per heavy atom. The molecule has 27 heavy (non-hydrogen) atoms. The van der Waals surface area contributed by atoms with E-state index in [-0.39, 0.29) is 41.2 Å². The first-order valence-electron chi connectivity index (χ1n) is 9.23. The average molecular weight is 369 g/mol. The second-order valence-corrected chi connectivity index (χ2v) is 7.54. The van der Waals surface area contributed by atoms with E-state index in [9.17, 15) is 19.7 Å². The molecule has 1 saturated carbocycles. The molecular formula is C19H19N3O5. The van der Waals surface area contributed by atoms with E-state index in [2.05, 4.69) is 0 Å². The summed E-state index contributed by atoms with van der Waals surface area (Å²) >= 11 is 0. The molecule has 2 aliphatic carbocycles. The number of amides is 2. The summed E-state index contributed by atoms with van der Waals surface area (Å²) in [6.07, 6.45) is 4.92. The molecule has 0 N–H and O–H groups in total. The standard InChI is InChI=1S/C19H19N3O5/c23-18-16-11-1-2-12(9-11)17(16)19(24)21(18)13-3-4-14(15(10-13)22(25)26)20-5-7-27-8-6-20/h1-4,10-12,16-17H,5-9H2/t11-,12-,16+,17+/m0/s1. The topological polar surface area (TPSA) is 93.0 Å². The van der Waals surface area contributed by atoms with Gasteiger partial charge in [-0.05, 0) is 30.4 Å². The first-order valence-corrected chi connectivity index (χ1v) is 9.23. The van der Waals surface area contributed by atoms with E-state index in [0.717, 1.165) is 11.3 Å². The molecule has 2 saturated heterocycles. The summed E-state index contributed by atoms with van der Waals surface area (Å²) in [5.41, 5.74) is 0.698. The number of fused-ring (bicyclic) bond motifs is 5. The Morgan fingerprint density at radius 1 is 1.04 bits per heavy atom. The molecule has 8 nitrogen and oxygen atoms in total. The van der Waals surface area contributed by atoms with Crippen LogP contribution in [0, 0.1) is 33.8 Å². The fourth-order valence-corrected chi connectivity index (χ4v) is 5.03. The zero-order valence-electron chi connectivity index (χ0n) is 14.6. The molecule has 1 aromatic rings. The van der Waals surface area contributed by atoms with E-state index in [1.54, 1.807) is 12.1 Å². The Labute approximate surface area is 155 Å². The molecule has 0 unspecified atom stereocenters. The van der Waals surface area contributed by atoms with Crippen LogP contribution in [0.3, 0.4) is 0 Å². The predicted octanol–water partition coefficient (Wildman–Crippen LogP) is 1.74. The van der Waals surface area contributed by atoms with Crippen molar-refractivity contribution >= 4 is 28.9 Å². The van der Waals surface area contributed by atoms with Gasteiger partial charge in [-0.25, -0.2) is 4.90 Å². The van der Waals surface area contributed by atoms with Gasteiger partial charge in [-0.1, -0.05) is 12.2 Å². The molecule has 0 aromatic heterocycles. The van der Waals surface area contributed by atoms with Crippen molar-refractivity contribution in [2.75, 3.05) is 36.1 Å². The molecule has 2 amide bonds. The molecule has 8 heteroatoms. The van der Waals surface area contributed by atoms with Gasteiger partial charge in [0.05, 0.1) is 35.7 Å². The van der Waals surface area contributed by atoms with Crippen molar-refractivity contribution in [3.05, 3.63) is 40.5 Å². The number of nitro benzene ring substituents is 1. The fourth-order valence-electron chi connectivity index (χ4n) is 5.03. The van der Waals surface area contributed by atoms with Crippen LogP contribution >= 0.6 is 0 Å². The van der Waals surface area contributed by atoms with E-state index in [1.807, 2.05) is 17.1 Å². The van der Waals surface area contributed by atoms with Crippen LogP contribution in [-0.4, -0.2) is 43.0 Å². The number of carbonyl (C=O) groups is 2. The number of carbonyl (C=O) groups excluding carboxylic acids is 2. The van der Waals surface area contributed by atoms with Crippen molar-refractivity contribution in [1.82, 2.24) is 0 Å². The van der Waals surface area contributed by atoms with Gasteiger partial charge in [0, 0.05) is 19.2 Å². The minimum atomic E-state index is -0.453. The Hall–Kier alpha value is -2.74. The summed E-state index contributed by atoms with van der Waals surface area (Å²) in [5, 5.41) is 11.7. The fraction of sp³-hybridized carbons (Fsp3) is 0.474. The van der Waals surface area contributed by atoms with Gasteiger partial charge >= 0.3 is 0 Å².